The lowest BCUT2D eigenvalue weighted by Gasteiger charge is -2.61. The highest BCUT2D eigenvalue weighted by Gasteiger charge is 2.62. The van der Waals surface area contributed by atoms with Crippen molar-refractivity contribution in [2.45, 2.75) is 70.8 Å². The van der Waals surface area contributed by atoms with E-state index in [1.54, 1.807) is 0 Å². The third kappa shape index (κ3) is 3.29. The summed E-state index contributed by atoms with van der Waals surface area (Å²) in [5.41, 5.74) is 6.66. The smallest absolute Gasteiger partial charge is 0.151 e. The fourth-order valence-electron chi connectivity index (χ4n) is 8.94. The van der Waals surface area contributed by atoms with E-state index in [0.29, 0.717) is 30.1 Å². The molecule has 4 saturated carbocycles. The molecule has 0 aromatic heterocycles. The van der Waals surface area contributed by atoms with E-state index < -0.39 is 0 Å². The Labute approximate surface area is 181 Å². The van der Waals surface area contributed by atoms with Crippen LogP contribution in [0.4, 0.5) is 0 Å². The van der Waals surface area contributed by atoms with Crippen molar-refractivity contribution >= 4 is 5.78 Å². The minimum atomic E-state index is -0.118. The van der Waals surface area contributed by atoms with Gasteiger partial charge in [-0.25, -0.2) is 10.4 Å². The number of rotatable bonds is 5. The molecule has 0 aromatic carbocycles. The molecule has 30 heavy (non-hydrogen) atoms. The summed E-state index contributed by atoms with van der Waals surface area (Å²) in [7, 11) is 1.86. The Morgan fingerprint density at radius 2 is 2.00 bits per heavy atom. The van der Waals surface area contributed by atoms with Crippen LogP contribution in [-0.4, -0.2) is 55.4 Å². The summed E-state index contributed by atoms with van der Waals surface area (Å²) >= 11 is 0. The van der Waals surface area contributed by atoms with Crippen molar-refractivity contribution in [1.29, 1.82) is 0 Å². The normalized spacial score (nSPS) is 48.8. The van der Waals surface area contributed by atoms with Crippen LogP contribution < -0.4 is 11.0 Å². The number of aliphatic hydroxyl groups is 1. The average molecular weight is 420 g/mol. The van der Waals surface area contributed by atoms with E-state index in [-0.39, 0.29) is 22.9 Å². The van der Waals surface area contributed by atoms with Crippen molar-refractivity contribution in [1.82, 2.24) is 16.0 Å². The first kappa shape index (κ1) is 21.3. The van der Waals surface area contributed by atoms with Gasteiger partial charge in [0.05, 0.1) is 19.3 Å². The predicted molar refractivity (Wildman–Crippen MR) is 115 cm³/mol. The van der Waals surface area contributed by atoms with Gasteiger partial charge in [0.1, 0.15) is 0 Å². The van der Waals surface area contributed by atoms with Gasteiger partial charge in [-0.2, -0.15) is 5.53 Å². The monoisotopic (exact) mass is 419 g/mol. The Hall–Kier alpha value is -0.530. The van der Waals surface area contributed by atoms with Gasteiger partial charge in [0, 0.05) is 26.1 Å². The number of ether oxygens (including phenoxy) is 1. The van der Waals surface area contributed by atoms with E-state index in [2.05, 4.69) is 17.9 Å². The fraction of sp³-hybridized carbons (Fsp3) is 0.958. The minimum Gasteiger partial charge on any atom is -0.393 e. The van der Waals surface area contributed by atoms with Gasteiger partial charge in [-0.15, -0.1) is 0 Å². The van der Waals surface area contributed by atoms with E-state index in [1.165, 1.54) is 32.1 Å². The molecule has 6 heteroatoms. The van der Waals surface area contributed by atoms with Crippen LogP contribution in [0.1, 0.15) is 64.7 Å². The van der Waals surface area contributed by atoms with Crippen LogP contribution in [0.15, 0.2) is 0 Å². The Balaban J connectivity index is 1.35. The molecular weight excluding hydrogens is 378 g/mol. The molecule has 170 valence electrons. The molecular formula is C24H41N3O3. The van der Waals surface area contributed by atoms with E-state index in [0.717, 1.165) is 51.3 Å². The minimum absolute atomic E-state index is 0.118. The first-order valence-electron chi connectivity index (χ1n) is 12.4. The second-order valence-electron chi connectivity index (χ2n) is 11.3. The molecule has 0 aromatic rings. The summed E-state index contributed by atoms with van der Waals surface area (Å²) in [6, 6.07) is 0. The van der Waals surface area contributed by atoms with Gasteiger partial charge in [-0.05, 0) is 92.3 Å². The quantitative estimate of drug-likeness (QED) is 0.636. The number of hydrogen-bond donors (Lipinski definition) is 3. The van der Waals surface area contributed by atoms with Gasteiger partial charge in [0.15, 0.2) is 5.78 Å². The summed E-state index contributed by atoms with van der Waals surface area (Å²) in [5, 5.41) is 12.4. The maximum atomic E-state index is 13.3. The van der Waals surface area contributed by atoms with Crippen LogP contribution in [-0.2, 0) is 9.53 Å². The summed E-state index contributed by atoms with van der Waals surface area (Å²) in [6.07, 6.45) is 10.1. The molecule has 0 spiro atoms. The SMILES string of the molecule is COC[C@]12CC[C@@H](O)C[C@@H]1CC[C@H]1[C@@H]3CC[C@H](C(=O)CN4CCNN4)[C@@]3(C)CC[C@@H]12. The fourth-order valence-corrected chi connectivity index (χ4v) is 8.94. The lowest BCUT2D eigenvalue weighted by Crippen LogP contribution is -2.57. The van der Waals surface area contributed by atoms with Crippen LogP contribution in [0.5, 0.6) is 0 Å². The van der Waals surface area contributed by atoms with Crippen LogP contribution in [0, 0.1) is 40.4 Å². The predicted octanol–water partition coefficient (Wildman–Crippen LogP) is 2.53. The zero-order chi connectivity index (χ0) is 20.9. The molecule has 1 heterocycles. The van der Waals surface area contributed by atoms with E-state index >= 15 is 0 Å². The van der Waals surface area contributed by atoms with Gasteiger partial charge in [-0.3, -0.25) is 4.79 Å². The van der Waals surface area contributed by atoms with Gasteiger partial charge >= 0.3 is 0 Å². The Kier molecular flexibility index (Phi) is 5.76. The molecule has 0 unspecified atom stereocenters. The second kappa shape index (κ2) is 8.11. The average Bonchev–Trinajstić information content (AvgIpc) is 3.35. The number of nitrogens with one attached hydrogen (secondary N) is 2. The van der Waals surface area contributed by atoms with Crippen molar-refractivity contribution in [2.24, 2.45) is 40.4 Å². The number of Topliss-reactive ketones (excluding diaryl/α,β-unsaturated/α-hetero) is 1. The number of carbonyl (C=O) groups excluding carboxylic acids is 1. The molecule has 5 fully saturated rings. The van der Waals surface area contributed by atoms with E-state index in [9.17, 15) is 9.90 Å². The first-order chi connectivity index (χ1) is 14.5. The molecule has 5 aliphatic rings. The Morgan fingerprint density at radius 3 is 2.77 bits per heavy atom. The van der Waals surface area contributed by atoms with Crippen molar-refractivity contribution in [2.75, 3.05) is 33.4 Å². The highest BCUT2D eigenvalue weighted by molar-refractivity contribution is 5.84. The highest BCUT2D eigenvalue weighted by atomic mass is 16.5. The molecule has 8 atom stereocenters. The first-order valence-corrected chi connectivity index (χ1v) is 12.4. The Morgan fingerprint density at radius 1 is 1.13 bits per heavy atom. The van der Waals surface area contributed by atoms with Crippen molar-refractivity contribution in [3.63, 3.8) is 0 Å². The molecule has 5 rings (SSSR count). The molecule has 0 radical (unpaired) electrons. The topological polar surface area (TPSA) is 73.8 Å². The molecule has 3 N–H and O–H groups in total. The molecule has 4 aliphatic carbocycles. The molecule has 0 amide bonds. The maximum absolute atomic E-state index is 13.3. The Bertz CT molecular complexity index is 654. The highest BCUT2D eigenvalue weighted by Crippen LogP contribution is 2.67. The third-order valence-electron chi connectivity index (χ3n) is 10.2. The standard InChI is InChI=1S/C24H41N3O3/c1-23-9-8-20-18(4-3-16-13-17(28)7-10-24(16,20)15-30-2)19(23)5-6-21(23)22(29)14-27-12-11-25-26-27/h16-21,25-26,28H,3-15H2,1-2H3/t16-,17+,18-,19-,20-,21+,23-,24+/m0/s1. The van der Waals surface area contributed by atoms with Crippen molar-refractivity contribution in [3.8, 4) is 0 Å². The van der Waals surface area contributed by atoms with Crippen molar-refractivity contribution in [3.05, 3.63) is 0 Å². The van der Waals surface area contributed by atoms with Gasteiger partial charge in [0.2, 0.25) is 0 Å². The third-order valence-corrected chi connectivity index (χ3v) is 10.2. The largest absolute Gasteiger partial charge is 0.393 e. The molecule has 1 aliphatic heterocycles. The van der Waals surface area contributed by atoms with Gasteiger partial charge in [0.25, 0.3) is 0 Å². The van der Waals surface area contributed by atoms with E-state index in [4.69, 9.17) is 4.74 Å². The summed E-state index contributed by atoms with van der Waals surface area (Å²) in [5.74, 6) is 3.39. The number of carbonyl (C=O) groups is 1. The van der Waals surface area contributed by atoms with Crippen molar-refractivity contribution < 1.29 is 14.6 Å². The number of nitrogens with zero attached hydrogens (tertiary/aromatic N) is 1. The molecule has 6 nitrogen and oxygen atoms in total. The second-order valence-corrected chi connectivity index (χ2v) is 11.3. The lowest BCUT2D eigenvalue weighted by molar-refractivity contribution is -0.161. The maximum Gasteiger partial charge on any atom is 0.151 e. The van der Waals surface area contributed by atoms with E-state index in [1.807, 2.05) is 12.1 Å². The molecule has 1 saturated heterocycles. The van der Waals surface area contributed by atoms with Crippen LogP contribution >= 0.6 is 0 Å². The number of ketones is 1. The number of methoxy groups -OCH3 is 1. The zero-order valence-corrected chi connectivity index (χ0v) is 18.9. The number of aliphatic hydroxyl groups excluding tert-OH is 1. The number of hydrogen-bond acceptors (Lipinski definition) is 6. The number of hydrazine groups is 2. The van der Waals surface area contributed by atoms with Gasteiger partial charge in [-0.1, -0.05) is 6.92 Å². The zero-order valence-electron chi connectivity index (χ0n) is 18.9. The van der Waals surface area contributed by atoms with Crippen LogP contribution in [0.3, 0.4) is 0 Å². The lowest BCUT2D eigenvalue weighted by atomic mass is 9.44. The summed E-state index contributed by atoms with van der Waals surface area (Å²) in [4.78, 5) is 13.3. The number of fused-ring (bicyclic) bond motifs is 5. The molecule has 0 bridgehead atoms. The summed E-state index contributed by atoms with van der Waals surface area (Å²) in [6.45, 7) is 5.63. The van der Waals surface area contributed by atoms with Crippen LogP contribution in [0.2, 0.25) is 0 Å². The summed E-state index contributed by atoms with van der Waals surface area (Å²) < 4.78 is 5.84. The van der Waals surface area contributed by atoms with Gasteiger partial charge < -0.3 is 9.84 Å². The van der Waals surface area contributed by atoms with Crippen LogP contribution in [0.25, 0.3) is 0 Å².